The average molecular weight is 393 g/mol. The normalized spacial score (nSPS) is 12.5. The quantitative estimate of drug-likeness (QED) is 0.813. The molecule has 6 heteroatoms. The highest BCUT2D eigenvalue weighted by Gasteiger charge is 2.21. The summed E-state index contributed by atoms with van der Waals surface area (Å²) >= 11 is 8.24. The molecule has 0 bridgehead atoms. The van der Waals surface area contributed by atoms with Gasteiger partial charge in [0.25, 0.3) is 0 Å². The maximum Gasteiger partial charge on any atom is 0.163 e. The van der Waals surface area contributed by atoms with E-state index < -0.39 is 6.10 Å². The summed E-state index contributed by atoms with van der Waals surface area (Å²) in [5.74, 6) is 0.573. The summed E-state index contributed by atoms with van der Waals surface area (Å²) in [6, 6.07) is 5.49. The SMILES string of the molecule is CCn1ncc(OC)c1C(O)c1ccc(I)c(Cl)c1. The number of aliphatic hydroxyl groups is 1. The molecule has 102 valence electrons. The van der Waals surface area contributed by atoms with Crippen LogP contribution in [0.2, 0.25) is 5.02 Å². The number of rotatable bonds is 4. The summed E-state index contributed by atoms with van der Waals surface area (Å²) in [4.78, 5) is 0. The molecule has 1 unspecified atom stereocenters. The molecular weight excluding hydrogens is 379 g/mol. The van der Waals surface area contributed by atoms with Crippen molar-refractivity contribution in [1.29, 1.82) is 0 Å². The molecular formula is C13H14ClIN2O2. The number of methoxy groups -OCH3 is 1. The summed E-state index contributed by atoms with van der Waals surface area (Å²) in [6.45, 7) is 2.62. The van der Waals surface area contributed by atoms with Crippen molar-refractivity contribution >= 4 is 34.2 Å². The molecule has 2 rings (SSSR count). The molecule has 1 aromatic heterocycles. The van der Waals surface area contributed by atoms with Gasteiger partial charge >= 0.3 is 0 Å². The molecule has 19 heavy (non-hydrogen) atoms. The van der Waals surface area contributed by atoms with Crippen LogP contribution in [-0.4, -0.2) is 22.0 Å². The third kappa shape index (κ3) is 2.88. The first-order chi connectivity index (χ1) is 9.08. The standard InChI is InChI=1S/C13H14ClIN2O2/c1-3-17-12(11(19-2)7-16-17)13(18)8-4-5-10(15)9(14)6-8/h4-7,13,18H,3H2,1-2H3. The van der Waals surface area contributed by atoms with E-state index in [9.17, 15) is 5.11 Å². The zero-order chi connectivity index (χ0) is 14.0. The van der Waals surface area contributed by atoms with Gasteiger partial charge in [0.05, 0.1) is 18.3 Å². The van der Waals surface area contributed by atoms with Gasteiger partial charge < -0.3 is 9.84 Å². The van der Waals surface area contributed by atoms with E-state index in [1.165, 1.54) is 0 Å². The molecule has 1 aromatic carbocycles. The van der Waals surface area contributed by atoms with Crippen molar-refractivity contribution in [3.63, 3.8) is 0 Å². The molecule has 0 radical (unpaired) electrons. The minimum atomic E-state index is -0.813. The predicted octanol–water partition coefficient (Wildman–Crippen LogP) is 3.25. The third-order valence-electron chi connectivity index (χ3n) is 2.88. The van der Waals surface area contributed by atoms with Gasteiger partial charge in [-0.05, 0) is 47.2 Å². The van der Waals surface area contributed by atoms with E-state index in [1.807, 2.05) is 19.1 Å². The molecule has 0 aliphatic carbocycles. The van der Waals surface area contributed by atoms with Crippen LogP contribution in [0.1, 0.15) is 24.3 Å². The van der Waals surface area contributed by atoms with Crippen molar-refractivity contribution in [2.24, 2.45) is 0 Å². The zero-order valence-corrected chi connectivity index (χ0v) is 13.5. The van der Waals surface area contributed by atoms with E-state index in [2.05, 4.69) is 27.7 Å². The van der Waals surface area contributed by atoms with E-state index in [4.69, 9.17) is 16.3 Å². The highest BCUT2D eigenvalue weighted by Crippen LogP contribution is 2.32. The molecule has 0 saturated carbocycles. The smallest absolute Gasteiger partial charge is 0.163 e. The van der Waals surface area contributed by atoms with Crippen LogP contribution in [-0.2, 0) is 6.54 Å². The molecule has 0 fully saturated rings. The van der Waals surface area contributed by atoms with Gasteiger partial charge in [0.15, 0.2) is 5.75 Å². The number of aliphatic hydroxyl groups excluding tert-OH is 1. The van der Waals surface area contributed by atoms with E-state index in [1.54, 1.807) is 24.1 Å². The van der Waals surface area contributed by atoms with Crippen molar-refractivity contribution in [3.05, 3.63) is 44.2 Å². The Morgan fingerprint density at radius 2 is 2.26 bits per heavy atom. The zero-order valence-electron chi connectivity index (χ0n) is 10.6. The number of hydrogen-bond donors (Lipinski definition) is 1. The van der Waals surface area contributed by atoms with Crippen molar-refractivity contribution in [3.8, 4) is 5.75 Å². The largest absolute Gasteiger partial charge is 0.493 e. The number of aromatic nitrogens is 2. The summed E-state index contributed by atoms with van der Waals surface area (Å²) < 4.78 is 7.91. The number of ether oxygens (including phenoxy) is 1. The van der Waals surface area contributed by atoms with Crippen LogP contribution < -0.4 is 4.74 Å². The van der Waals surface area contributed by atoms with Crippen LogP contribution in [0.3, 0.4) is 0 Å². The fourth-order valence-corrected chi connectivity index (χ4v) is 2.43. The number of halogens is 2. The monoisotopic (exact) mass is 392 g/mol. The molecule has 0 aliphatic rings. The number of benzene rings is 1. The highest BCUT2D eigenvalue weighted by molar-refractivity contribution is 14.1. The van der Waals surface area contributed by atoms with E-state index >= 15 is 0 Å². The summed E-state index contributed by atoms with van der Waals surface area (Å²) in [7, 11) is 1.56. The topological polar surface area (TPSA) is 47.3 Å². The first kappa shape index (κ1) is 14.6. The van der Waals surface area contributed by atoms with Crippen molar-refractivity contribution in [2.75, 3.05) is 7.11 Å². The second-order valence-corrected chi connectivity index (χ2v) is 5.56. The molecule has 0 saturated heterocycles. The third-order valence-corrected chi connectivity index (χ3v) is 4.45. The van der Waals surface area contributed by atoms with Gasteiger partial charge in [0, 0.05) is 10.1 Å². The van der Waals surface area contributed by atoms with Gasteiger partial charge in [0.1, 0.15) is 11.8 Å². The minimum Gasteiger partial charge on any atom is -0.493 e. The second kappa shape index (κ2) is 6.11. The Kier molecular flexibility index (Phi) is 4.70. The molecule has 0 spiro atoms. The lowest BCUT2D eigenvalue weighted by atomic mass is 10.1. The van der Waals surface area contributed by atoms with Gasteiger partial charge in [-0.2, -0.15) is 5.10 Å². The van der Waals surface area contributed by atoms with Gasteiger partial charge in [-0.15, -0.1) is 0 Å². The Balaban J connectivity index is 2.45. The van der Waals surface area contributed by atoms with Crippen LogP contribution in [0.25, 0.3) is 0 Å². The fraction of sp³-hybridized carbons (Fsp3) is 0.308. The van der Waals surface area contributed by atoms with Gasteiger partial charge in [-0.3, -0.25) is 4.68 Å². The van der Waals surface area contributed by atoms with Crippen molar-refractivity contribution in [2.45, 2.75) is 19.6 Å². The van der Waals surface area contributed by atoms with E-state index in [0.717, 1.165) is 9.13 Å². The maximum absolute atomic E-state index is 10.5. The van der Waals surface area contributed by atoms with Crippen molar-refractivity contribution in [1.82, 2.24) is 9.78 Å². The van der Waals surface area contributed by atoms with Crippen LogP contribution in [0, 0.1) is 3.57 Å². The molecule has 0 aliphatic heterocycles. The predicted molar refractivity (Wildman–Crippen MR) is 82.7 cm³/mol. The van der Waals surface area contributed by atoms with Crippen LogP contribution in [0.5, 0.6) is 5.75 Å². The van der Waals surface area contributed by atoms with E-state index in [-0.39, 0.29) is 0 Å². The highest BCUT2D eigenvalue weighted by atomic mass is 127. The Labute approximate surface area is 130 Å². The summed E-state index contributed by atoms with van der Waals surface area (Å²) in [5.41, 5.74) is 1.36. The lowest BCUT2D eigenvalue weighted by Gasteiger charge is -2.15. The second-order valence-electron chi connectivity index (χ2n) is 3.99. The molecule has 0 amide bonds. The van der Waals surface area contributed by atoms with Gasteiger partial charge in [-0.1, -0.05) is 17.7 Å². The Bertz CT molecular complexity index is 565. The fourth-order valence-electron chi connectivity index (χ4n) is 1.90. The number of hydrogen-bond acceptors (Lipinski definition) is 3. The molecule has 1 heterocycles. The van der Waals surface area contributed by atoms with E-state index in [0.29, 0.717) is 23.0 Å². The minimum absolute atomic E-state index is 0.573. The Hall–Kier alpha value is -0.790. The maximum atomic E-state index is 10.5. The Morgan fingerprint density at radius 1 is 1.53 bits per heavy atom. The molecule has 4 nitrogen and oxygen atoms in total. The van der Waals surface area contributed by atoms with Gasteiger partial charge in [-0.25, -0.2) is 0 Å². The molecule has 2 aromatic rings. The molecule has 1 atom stereocenters. The van der Waals surface area contributed by atoms with Gasteiger partial charge in [0.2, 0.25) is 0 Å². The van der Waals surface area contributed by atoms with Crippen LogP contribution in [0.15, 0.2) is 24.4 Å². The molecule has 1 N–H and O–H groups in total. The lowest BCUT2D eigenvalue weighted by molar-refractivity contribution is 0.202. The average Bonchev–Trinajstić information content (AvgIpc) is 2.83. The summed E-state index contributed by atoms with van der Waals surface area (Å²) in [5, 5.41) is 15.3. The number of aryl methyl sites for hydroxylation is 1. The lowest BCUT2D eigenvalue weighted by Crippen LogP contribution is -2.10. The number of nitrogens with zero attached hydrogens (tertiary/aromatic N) is 2. The van der Waals surface area contributed by atoms with Crippen LogP contribution in [0.4, 0.5) is 0 Å². The van der Waals surface area contributed by atoms with Crippen molar-refractivity contribution < 1.29 is 9.84 Å². The van der Waals surface area contributed by atoms with Crippen LogP contribution >= 0.6 is 34.2 Å². The first-order valence-corrected chi connectivity index (χ1v) is 7.26. The first-order valence-electron chi connectivity index (χ1n) is 5.81. The Morgan fingerprint density at radius 3 is 2.84 bits per heavy atom. The summed E-state index contributed by atoms with van der Waals surface area (Å²) in [6.07, 6.45) is 0.794.